The summed E-state index contributed by atoms with van der Waals surface area (Å²) in [6, 6.07) is 13.3. The predicted molar refractivity (Wildman–Crippen MR) is 128 cm³/mol. The first-order chi connectivity index (χ1) is 16.7. The van der Waals surface area contributed by atoms with Gasteiger partial charge in [-0.05, 0) is 47.7 Å². The molecule has 0 aliphatic rings. The van der Waals surface area contributed by atoms with Gasteiger partial charge in [0.05, 0.1) is 0 Å². The topological polar surface area (TPSA) is 107 Å². The number of hydrogen-bond donors (Lipinski definition) is 3. The van der Waals surface area contributed by atoms with Crippen LogP contribution in [0.4, 0.5) is 14.7 Å². The lowest BCUT2D eigenvalue weighted by atomic mass is 10.0. The van der Waals surface area contributed by atoms with Crippen LogP contribution in [0.2, 0.25) is 0 Å². The van der Waals surface area contributed by atoms with E-state index in [1.165, 1.54) is 36.8 Å². The molecule has 9 heteroatoms. The minimum Gasteiger partial charge on any atom is -0.453 e. The van der Waals surface area contributed by atoms with Crippen molar-refractivity contribution in [2.24, 2.45) is 5.73 Å². The smallest absolute Gasteiger partial charge is 0.374 e. The first-order valence-corrected chi connectivity index (χ1v) is 11.3. The molecule has 1 aromatic heterocycles. The van der Waals surface area contributed by atoms with Crippen LogP contribution in [-0.4, -0.2) is 30.6 Å². The third-order valence-electron chi connectivity index (χ3n) is 5.31. The summed E-state index contributed by atoms with van der Waals surface area (Å²) in [5.74, 6) is -2.56. The zero-order valence-electron chi connectivity index (χ0n) is 19.6. The van der Waals surface area contributed by atoms with Crippen LogP contribution in [0.1, 0.15) is 41.1 Å². The number of hydrogen-bond acceptors (Lipinski definition) is 6. The quantitative estimate of drug-likeness (QED) is 0.355. The number of carbonyl (C=O) groups is 2. The van der Waals surface area contributed by atoms with Crippen molar-refractivity contribution in [3.05, 3.63) is 88.7 Å². The van der Waals surface area contributed by atoms with Gasteiger partial charge in [-0.2, -0.15) is 0 Å². The Labute approximate surface area is 202 Å². The van der Waals surface area contributed by atoms with Crippen LogP contribution in [0.5, 0.6) is 0 Å². The first kappa shape index (κ1) is 26.1. The van der Waals surface area contributed by atoms with Crippen LogP contribution in [0, 0.1) is 11.6 Å². The number of ether oxygens (including phenoxy) is 1. The van der Waals surface area contributed by atoms with Gasteiger partial charge in [0.1, 0.15) is 17.7 Å². The molecule has 0 fully saturated rings. The van der Waals surface area contributed by atoms with Crippen LogP contribution in [0.15, 0.2) is 59.0 Å². The van der Waals surface area contributed by atoms with Gasteiger partial charge in [-0.25, -0.2) is 13.6 Å². The van der Waals surface area contributed by atoms with Crippen molar-refractivity contribution in [2.45, 2.75) is 45.4 Å². The number of benzene rings is 2. The number of anilines is 1. The van der Waals surface area contributed by atoms with Gasteiger partial charge in [-0.15, -0.1) is 0 Å². The number of rotatable bonds is 11. The van der Waals surface area contributed by atoms with E-state index in [2.05, 4.69) is 23.6 Å². The molecule has 1 heterocycles. The number of nitrogens with two attached hydrogens (primary N) is 1. The predicted octanol–water partition coefficient (Wildman–Crippen LogP) is 3.96. The zero-order chi connectivity index (χ0) is 25.4. The van der Waals surface area contributed by atoms with Crippen LogP contribution in [-0.2, 0) is 28.9 Å². The summed E-state index contributed by atoms with van der Waals surface area (Å²) in [5, 5.41) is 5.68. The van der Waals surface area contributed by atoms with Crippen LogP contribution in [0.3, 0.4) is 0 Å². The Morgan fingerprint density at radius 2 is 1.74 bits per heavy atom. The number of nitrogens with one attached hydrogen (secondary N) is 2. The molecule has 0 saturated carbocycles. The molecule has 0 spiro atoms. The third kappa shape index (κ3) is 8.01. The van der Waals surface area contributed by atoms with E-state index >= 15 is 0 Å². The largest absolute Gasteiger partial charge is 0.453 e. The Morgan fingerprint density at radius 1 is 1.03 bits per heavy atom. The molecule has 3 aromatic rings. The maximum Gasteiger partial charge on any atom is 0.374 e. The summed E-state index contributed by atoms with van der Waals surface area (Å²) in [6.45, 7) is 4.09. The fraction of sp³-hybridized carbons (Fsp3) is 0.308. The zero-order valence-corrected chi connectivity index (χ0v) is 19.6. The highest BCUT2D eigenvalue weighted by atomic mass is 19.1. The van der Waals surface area contributed by atoms with E-state index in [9.17, 15) is 18.4 Å². The van der Waals surface area contributed by atoms with E-state index in [1.54, 1.807) is 0 Å². The number of esters is 1. The Bertz CT molecular complexity index is 1140. The average Bonchev–Trinajstić information content (AvgIpc) is 3.25. The minimum atomic E-state index is -0.836. The summed E-state index contributed by atoms with van der Waals surface area (Å²) in [6.07, 6.45) is 0.152. The fourth-order valence-corrected chi connectivity index (χ4v) is 3.61. The summed E-state index contributed by atoms with van der Waals surface area (Å²) < 4.78 is 38.2. The van der Waals surface area contributed by atoms with Crippen molar-refractivity contribution < 1.29 is 27.5 Å². The van der Waals surface area contributed by atoms with Gasteiger partial charge in [0.25, 0.3) is 0 Å². The molecule has 0 aliphatic carbocycles. The Hall–Kier alpha value is -3.56. The second-order valence-corrected chi connectivity index (χ2v) is 8.24. The van der Waals surface area contributed by atoms with E-state index < -0.39 is 29.7 Å². The molecule has 0 radical (unpaired) electrons. The Kier molecular flexibility index (Phi) is 9.11. The van der Waals surface area contributed by atoms with Crippen molar-refractivity contribution in [1.29, 1.82) is 0 Å². The van der Waals surface area contributed by atoms with E-state index in [0.29, 0.717) is 12.1 Å². The van der Waals surface area contributed by atoms with Crippen molar-refractivity contribution in [2.75, 3.05) is 11.9 Å². The molecule has 4 N–H and O–H groups in total. The van der Waals surface area contributed by atoms with Crippen LogP contribution < -0.4 is 16.4 Å². The molecule has 2 atom stereocenters. The maximum absolute atomic E-state index is 13.6. The molecule has 35 heavy (non-hydrogen) atoms. The molecule has 3 rings (SSSR count). The van der Waals surface area contributed by atoms with E-state index in [0.717, 1.165) is 18.1 Å². The van der Waals surface area contributed by atoms with E-state index in [-0.39, 0.29) is 30.5 Å². The van der Waals surface area contributed by atoms with Gasteiger partial charge in [0.2, 0.25) is 17.6 Å². The second-order valence-electron chi connectivity index (χ2n) is 8.24. The fourth-order valence-electron chi connectivity index (χ4n) is 3.61. The number of furan rings is 1. The summed E-state index contributed by atoms with van der Waals surface area (Å²) in [7, 11) is 0. The highest BCUT2D eigenvalue weighted by molar-refractivity contribution is 5.90. The molecule has 0 saturated heterocycles. The number of amides is 1. The van der Waals surface area contributed by atoms with Crippen molar-refractivity contribution >= 4 is 17.8 Å². The Balaban J connectivity index is 1.71. The highest BCUT2D eigenvalue weighted by Crippen LogP contribution is 2.17. The third-order valence-corrected chi connectivity index (χ3v) is 5.31. The molecule has 0 bridgehead atoms. The van der Waals surface area contributed by atoms with E-state index in [4.69, 9.17) is 14.9 Å². The van der Waals surface area contributed by atoms with Gasteiger partial charge in [0, 0.05) is 38.2 Å². The van der Waals surface area contributed by atoms with Gasteiger partial charge < -0.3 is 20.2 Å². The monoisotopic (exact) mass is 485 g/mol. The Morgan fingerprint density at radius 3 is 2.43 bits per heavy atom. The lowest BCUT2D eigenvalue weighted by molar-refractivity contribution is -0.114. The minimum absolute atomic E-state index is 0.0783. The van der Waals surface area contributed by atoms with E-state index in [1.807, 2.05) is 18.2 Å². The molecule has 186 valence electrons. The lowest BCUT2D eigenvalue weighted by Crippen LogP contribution is -2.45. The molecule has 1 amide bonds. The summed E-state index contributed by atoms with van der Waals surface area (Å²) in [4.78, 5) is 23.9. The SMILES string of the molecule is CCc1cccc(CNC[C@@H](OC(=O)c2ccc(NC(C)=O)o2)[C@@H](N)Cc2cc(F)cc(F)c2)c1. The first-order valence-electron chi connectivity index (χ1n) is 11.3. The molecular formula is C26H29F2N3O4. The number of halogens is 2. The van der Waals surface area contributed by atoms with Gasteiger partial charge in [0.15, 0.2) is 0 Å². The van der Waals surface area contributed by atoms with Crippen molar-refractivity contribution in [3.63, 3.8) is 0 Å². The molecule has 2 aromatic carbocycles. The molecule has 0 unspecified atom stereocenters. The molecular weight excluding hydrogens is 456 g/mol. The summed E-state index contributed by atoms with van der Waals surface area (Å²) >= 11 is 0. The average molecular weight is 486 g/mol. The number of carbonyl (C=O) groups excluding carboxylic acids is 2. The van der Waals surface area contributed by atoms with Crippen molar-refractivity contribution in [1.82, 2.24) is 5.32 Å². The molecule has 7 nitrogen and oxygen atoms in total. The number of aryl methyl sites for hydroxylation is 1. The van der Waals surface area contributed by atoms with Crippen LogP contribution in [0.25, 0.3) is 0 Å². The molecule has 0 aliphatic heterocycles. The van der Waals surface area contributed by atoms with Gasteiger partial charge in [-0.1, -0.05) is 31.2 Å². The van der Waals surface area contributed by atoms with Gasteiger partial charge >= 0.3 is 5.97 Å². The maximum atomic E-state index is 13.6. The highest BCUT2D eigenvalue weighted by Gasteiger charge is 2.25. The van der Waals surface area contributed by atoms with Crippen molar-refractivity contribution in [3.8, 4) is 0 Å². The van der Waals surface area contributed by atoms with Crippen LogP contribution >= 0.6 is 0 Å². The summed E-state index contributed by atoms with van der Waals surface area (Å²) in [5.41, 5.74) is 8.92. The normalized spacial score (nSPS) is 12.7. The standard InChI is InChI=1S/C26H29F2N3O4/c1-3-17-5-4-6-18(9-17)14-30-15-24(22(29)12-19-10-20(27)13-21(28)11-19)35-26(33)23-7-8-25(34-23)31-16(2)32/h4-11,13,22,24,30H,3,12,14-15,29H2,1-2H3,(H,31,32)/t22-,24+/m0/s1. The van der Waals surface area contributed by atoms with Gasteiger partial charge in [-0.3, -0.25) is 10.1 Å². The second kappa shape index (κ2) is 12.2. The lowest BCUT2D eigenvalue weighted by Gasteiger charge is -2.24.